The van der Waals surface area contributed by atoms with Gasteiger partial charge in [0.15, 0.2) is 0 Å². The lowest BCUT2D eigenvalue weighted by molar-refractivity contribution is 0.296. The SMILES string of the molecule is c1cc(-c2noc(CC3CNC3)n2)co1. The summed E-state index contributed by atoms with van der Waals surface area (Å²) >= 11 is 0. The summed E-state index contributed by atoms with van der Waals surface area (Å²) in [6.07, 6.45) is 4.07. The summed E-state index contributed by atoms with van der Waals surface area (Å²) in [7, 11) is 0. The molecule has 0 radical (unpaired) electrons. The summed E-state index contributed by atoms with van der Waals surface area (Å²) in [6, 6.07) is 1.82. The Morgan fingerprint density at radius 1 is 1.47 bits per heavy atom. The van der Waals surface area contributed by atoms with Gasteiger partial charge in [0.05, 0.1) is 11.8 Å². The number of rotatable bonds is 3. The van der Waals surface area contributed by atoms with Crippen molar-refractivity contribution >= 4 is 0 Å². The van der Waals surface area contributed by atoms with Crippen LogP contribution in [-0.2, 0) is 6.42 Å². The third-order valence-corrected chi connectivity index (χ3v) is 2.58. The average molecular weight is 205 g/mol. The molecule has 3 heterocycles. The Labute approximate surface area is 86.5 Å². The van der Waals surface area contributed by atoms with Crippen molar-refractivity contribution in [1.29, 1.82) is 0 Å². The van der Waals surface area contributed by atoms with E-state index in [0.717, 1.165) is 25.1 Å². The number of nitrogens with one attached hydrogen (secondary N) is 1. The fraction of sp³-hybridized carbons (Fsp3) is 0.400. The number of aromatic nitrogens is 2. The van der Waals surface area contributed by atoms with Crippen molar-refractivity contribution in [3.63, 3.8) is 0 Å². The van der Waals surface area contributed by atoms with Crippen LogP contribution in [-0.4, -0.2) is 23.2 Å². The molecule has 1 N–H and O–H groups in total. The first kappa shape index (κ1) is 8.67. The highest BCUT2D eigenvalue weighted by Crippen LogP contribution is 2.18. The van der Waals surface area contributed by atoms with Crippen LogP contribution in [0.4, 0.5) is 0 Å². The minimum Gasteiger partial charge on any atom is -0.472 e. The fourth-order valence-corrected chi connectivity index (χ4v) is 1.59. The van der Waals surface area contributed by atoms with Gasteiger partial charge in [0, 0.05) is 6.42 Å². The minimum absolute atomic E-state index is 0.603. The lowest BCUT2D eigenvalue weighted by atomic mass is 10.00. The first-order valence-corrected chi connectivity index (χ1v) is 4.98. The highest BCUT2D eigenvalue weighted by atomic mass is 16.5. The van der Waals surface area contributed by atoms with Crippen LogP contribution in [0.15, 0.2) is 27.5 Å². The lowest BCUT2D eigenvalue weighted by Gasteiger charge is -2.25. The lowest BCUT2D eigenvalue weighted by Crippen LogP contribution is -2.43. The van der Waals surface area contributed by atoms with E-state index in [1.54, 1.807) is 12.5 Å². The zero-order chi connectivity index (χ0) is 10.1. The van der Waals surface area contributed by atoms with Crippen molar-refractivity contribution in [2.45, 2.75) is 6.42 Å². The van der Waals surface area contributed by atoms with Crippen LogP contribution in [0.3, 0.4) is 0 Å². The van der Waals surface area contributed by atoms with E-state index in [2.05, 4.69) is 15.5 Å². The van der Waals surface area contributed by atoms with Crippen molar-refractivity contribution in [3.05, 3.63) is 24.5 Å². The van der Waals surface area contributed by atoms with Crippen LogP contribution in [0, 0.1) is 5.92 Å². The van der Waals surface area contributed by atoms with E-state index in [1.165, 1.54) is 0 Å². The number of furan rings is 1. The Balaban J connectivity index is 1.75. The molecule has 0 aliphatic carbocycles. The molecule has 5 nitrogen and oxygen atoms in total. The summed E-state index contributed by atoms with van der Waals surface area (Å²) in [4.78, 5) is 4.31. The molecule has 0 saturated carbocycles. The third kappa shape index (κ3) is 1.66. The molecule has 2 aromatic rings. The molecule has 0 aromatic carbocycles. The van der Waals surface area contributed by atoms with Crippen molar-refractivity contribution in [2.75, 3.05) is 13.1 Å². The van der Waals surface area contributed by atoms with Gasteiger partial charge in [0.2, 0.25) is 11.7 Å². The van der Waals surface area contributed by atoms with Crippen LogP contribution in [0.1, 0.15) is 5.89 Å². The van der Waals surface area contributed by atoms with Crippen LogP contribution in [0.2, 0.25) is 0 Å². The molecular weight excluding hydrogens is 194 g/mol. The number of nitrogens with zero attached hydrogens (tertiary/aromatic N) is 2. The molecule has 15 heavy (non-hydrogen) atoms. The zero-order valence-corrected chi connectivity index (χ0v) is 8.14. The molecule has 0 atom stereocenters. The largest absolute Gasteiger partial charge is 0.472 e. The predicted octanol–water partition coefficient (Wildman–Crippen LogP) is 1.09. The summed E-state index contributed by atoms with van der Waals surface area (Å²) < 4.78 is 10.1. The second kappa shape index (κ2) is 3.51. The van der Waals surface area contributed by atoms with Crippen LogP contribution in [0.5, 0.6) is 0 Å². The molecule has 0 bridgehead atoms. The van der Waals surface area contributed by atoms with E-state index < -0.39 is 0 Å². The normalized spacial score (nSPS) is 16.5. The second-order valence-corrected chi connectivity index (χ2v) is 3.75. The molecule has 0 unspecified atom stereocenters. The quantitative estimate of drug-likeness (QED) is 0.812. The summed E-state index contributed by atoms with van der Waals surface area (Å²) in [5, 5.41) is 7.11. The van der Waals surface area contributed by atoms with E-state index in [9.17, 15) is 0 Å². The van der Waals surface area contributed by atoms with Gasteiger partial charge in [-0.15, -0.1) is 0 Å². The van der Waals surface area contributed by atoms with Gasteiger partial charge in [-0.1, -0.05) is 5.16 Å². The monoisotopic (exact) mass is 205 g/mol. The van der Waals surface area contributed by atoms with E-state index in [-0.39, 0.29) is 0 Å². The fourth-order valence-electron chi connectivity index (χ4n) is 1.59. The maximum Gasteiger partial charge on any atom is 0.227 e. The molecule has 1 aliphatic rings. The van der Waals surface area contributed by atoms with Crippen LogP contribution < -0.4 is 5.32 Å². The van der Waals surface area contributed by atoms with Crippen LogP contribution in [0.25, 0.3) is 11.4 Å². The minimum atomic E-state index is 0.603. The van der Waals surface area contributed by atoms with E-state index >= 15 is 0 Å². The van der Waals surface area contributed by atoms with E-state index in [0.29, 0.717) is 17.6 Å². The Kier molecular flexibility index (Phi) is 2.03. The van der Waals surface area contributed by atoms with Crippen molar-refractivity contribution in [1.82, 2.24) is 15.5 Å². The first-order chi connectivity index (χ1) is 7.42. The maximum atomic E-state index is 5.16. The molecule has 1 aliphatic heterocycles. The first-order valence-electron chi connectivity index (χ1n) is 4.98. The van der Waals surface area contributed by atoms with Gasteiger partial charge < -0.3 is 14.3 Å². The Morgan fingerprint density at radius 2 is 2.40 bits per heavy atom. The van der Waals surface area contributed by atoms with Gasteiger partial charge in [-0.25, -0.2) is 0 Å². The van der Waals surface area contributed by atoms with Crippen LogP contribution >= 0.6 is 0 Å². The molecule has 0 amide bonds. The zero-order valence-electron chi connectivity index (χ0n) is 8.14. The molecule has 1 saturated heterocycles. The smallest absolute Gasteiger partial charge is 0.227 e. The van der Waals surface area contributed by atoms with Crippen molar-refractivity contribution in [3.8, 4) is 11.4 Å². The van der Waals surface area contributed by atoms with Gasteiger partial charge in [-0.3, -0.25) is 0 Å². The van der Waals surface area contributed by atoms with Gasteiger partial charge in [0.25, 0.3) is 0 Å². The topological polar surface area (TPSA) is 64.1 Å². The standard InChI is InChI=1S/C10H11N3O2/c1-2-14-6-8(1)10-12-9(15-13-10)3-7-4-11-5-7/h1-2,6-7,11H,3-5H2. The Morgan fingerprint density at radius 3 is 3.07 bits per heavy atom. The maximum absolute atomic E-state index is 5.16. The molecule has 2 aromatic heterocycles. The van der Waals surface area contributed by atoms with Gasteiger partial charge >= 0.3 is 0 Å². The average Bonchev–Trinajstić information content (AvgIpc) is 2.82. The Hall–Kier alpha value is -1.62. The molecule has 5 heteroatoms. The molecule has 0 spiro atoms. The van der Waals surface area contributed by atoms with Gasteiger partial charge in [-0.05, 0) is 25.1 Å². The molecular formula is C10H11N3O2. The highest BCUT2D eigenvalue weighted by molar-refractivity contribution is 5.51. The van der Waals surface area contributed by atoms with Gasteiger partial charge in [0.1, 0.15) is 6.26 Å². The van der Waals surface area contributed by atoms with E-state index in [1.807, 2.05) is 6.07 Å². The summed E-state index contributed by atoms with van der Waals surface area (Å²) in [6.45, 7) is 2.09. The Bertz CT molecular complexity index is 431. The molecule has 1 fully saturated rings. The third-order valence-electron chi connectivity index (χ3n) is 2.58. The summed E-state index contributed by atoms with van der Waals surface area (Å²) in [5.41, 5.74) is 0.858. The molecule has 3 rings (SSSR count). The number of hydrogen-bond donors (Lipinski definition) is 1. The number of hydrogen-bond acceptors (Lipinski definition) is 5. The van der Waals surface area contributed by atoms with Crippen molar-refractivity contribution in [2.24, 2.45) is 5.92 Å². The van der Waals surface area contributed by atoms with Gasteiger partial charge in [-0.2, -0.15) is 4.98 Å². The highest BCUT2D eigenvalue weighted by Gasteiger charge is 2.20. The second-order valence-electron chi connectivity index (χ2n) is 3.75. The van der Waals surface area contributed by atoms with Crippen molar-refractivity contribution < 1.29 is 8.94 Å². The van der Waals surface area contributed by atoms with E-state index in [4.69, 9.17) is 8.94 Å². The predicted molar refractivity (Wildman–Crippen MR) is 52.1 cm³/mol. The summed E-state index contributed by atoms with van der Waals surface area (Å²) in [5.74, 6) is 1.95. The molecule has 78 valence electrons.